The van der Waals surface area contributed by atoms with Crippen LogP contribution in [-0.2, 0) is 9.84 Å². The number of aromatic nitrogens is 1. The average Bonchev–Trinajstić information content (AvgIpc) is 3.15. The van der Waals surface area contributed by atoms with E-state index in [4.69, 9.17) is 0 Å². The SMILES string of the molecule is Cc1ccc(C(=O)N[C@@H](C)c2ccc(S(C)(=O)=O)cc2)cc1-n1cccc1. The highest BCUT2D eigenvalue weighted by atomic mass is 32.2. The molecule has 1 amide bonds. The fourth-order valence-electron chi connectivity index (χ4n) is 2.89. The van der Waals surface area contributed by atoms with Crippen molar-refractivity contribution in [3.05, 3.63) is 83.7 Å². The van der Waals surface area contributed by atoms with Crippen LogP contribution in [0.2, 0.25) is 0 Å². The molecule has 6 heteroatoms. The number of hydrogen-bond donors (Lipinski definition) is 1. The van der Waals surface area contributed by atoms with E-state index < -0.39 is 9.84 Å². The van der Waals surface area contributed by atoms with E-state index in [1.165, 1.54) is 6.26 Å². The van der Waals surface area contributed by atoms with Crippen molar-refractivity contribution in [2.24, 2.45) is 0 Å². The predicted molar refractivity (Wildman–Crippen MR) is 106 cm³/mol. The molecular formula is C21H22N2O3S. The molecule has 1 heterocycles. The Labute approximate surface area is 159 Å². The predicted octanol–water partition coefficient (Wildman–Crippen LogP) is 3.68. The lowest BCUT2D eigenvalue weighted by Crippen LogP contribution is -2.26. The molecule has 0 aliphatic heterocycles. The van der Waals surface area contributed by atoms with Gasteiger partial charge in [-0.1, -0.05) is 18.2 Å². The number of benzene rings is 2. The zero-order valence-electron chi connectivity index (χ0n) is 15.5. The molecule has 0 aliphatic carbocycles. The summed E-state index contributed by atoms with van der Waals surface area (Å²) in [6.07, 6.45) is 5.05. The van der Waals surface area contributed by atoms with Crippen LogP contribution in [0.15, 0.2) is 71.9 Å². The Bertz CT molecular complexity index is 1050. The molecule has 0 spiro atoms. The van der Waals surface area contributed by atoms with Crippen LogP contribution >= 0.6 is 0 Å². The van der Waals surface area contributed by atoms with Crippen LogP contribution in [0, 0.1) is 6.92 Å². The summed E-state index contributed by atoms with van der Waals surface area (Å²) in [6, 6.07) is 15.8. The van der Waals surface area contributed by atoms with E-state index in [0.29, 0.717) is 5.56 Å². The molecule has 1 atom stereocenters. The summed E-state index contributed by atoms with van der Waals surface area (Å²) in [5, 5.41) is 2.96. The Balaban J connectivity index is 1.78. The topological polar surface area (TPSA) is 68.2 Å². The first-order valence-corrected chi connectivity index (χ1v) is 10.5. The van der Waals surface area contributed by atoms with Crippen LogP contribution in [0.4, 0.5) is 0 Å². The summed E-state index contributed by atoms with van der Waals surface area (Å²) < 4.78 is 25.1. The molecule has 3 aromatic rings. The molecule has 1 N–H and O–H groups in total. The second-order valence-electron chi connectivity index (χ2n) is 6.63. The molecule has 0 fully saturated rings. The van der Waals surface area contributed by atoms with E-state index in [1.807, 2.05) is 55.1 Å². The molecule has 2 aromatic carbocycles. The zero-order valence-corrected chi connectivity index (χ0v) is 16.3. The number of carbonyl (C=O) groups excluding carboxylic acids is 1. The fraction of sp³-hybridized carbons (Fsp3) is 0.190. The maximum atomic E-state index is 12.7. The van der Waals surface area contributed by atoms with E-state index in [-0.39, 0.29) is 16.8 Å². The van der Waals surface area contributed by atoms with Crippen LogP contribution < -0.4 is 5.32 Å². The molecule has 3 rings (SSSR count). The molecule has 5 nitrogen and oxygen atoms in total. The second kappa shape index (κ2) is 7.40. The van der Waals surface area contributed by atoms with Gasteiger partial charge in [0.15, 0.2) is 9.84 Å². The van der Waals surface area contributed by atoms with Crippen LogP contribution in [0.1, 0.15) is 34.5 Å². The molecular weight excluding hydrogens is 360 g/mol. The van der Waals surface area contributed by atoms with Gasteiger partial charge in [-0.25, -0.2) is 8.42 Å². The summed E-state index contributed by atoms with van der Waals surface area (Å²) in [7, 11) is -3.23. The van der Waals surface area contributed by atoms with Gasteiger partial charge in [0.25, 0.3) is 5.91 Å². The normalized spacial score (nSPS) is 12.6. The number of sulfone groups is 1. The highest BCUT2D eigenvalue weighted by molar-refractivity contribution is 7.90. The maximum Gasteiger partial charge on any atom is 0.251 e. The van der Waals surface area contributed by atoms with Crippen molar-refractivity contribution in [3.63, 3.8) is 0 Å². The molecule has 0 saturated heterocycles. The fourth-order valence-corrected chi connectivity index (χ4v) is 3.52. The van der Waals surface area contributed by atoms with E-state index in [0.717, 1.165) is 16.8 Å². The smallest absolute Gasteiger partial charge is 0.251 e. The summed E-state index contributed by atoms with van der Waals surface area (Å²) in [4.78, 5) is 12.9. The summed E-state index contributed by atoms with van der Waals surface area (Å²) >= 11 is 0. The molecule has 1 aromatic heterocycles. The molecule has 27 heavy (non-hydrogen) atoms. The minimum atomic E-state index is -3.23. The minimum absolute atomic E-state index is 0.178. The van der Waals surface area contributed by atoms with E-state index in [1.54, 1.807) is 30.3 Å². The number of aryl methyl sites for hydroxylation is 1. The van der Waals surface area contributed by atoms with Crippen molar-refractivity contribution < 1.29 is 13.2 Å². The van der Waals surface area contributed by atoms with Crippen molar-refractivity contribution >= 4 is 15.7 Å². The number of nitrogens with zero attached hydrogens (tertiary/aromatic N) is 1. The van der Waals surface area contributed by atoms with Crippen molar-refractivity contribution in [3.8, 4) is 5.69 Å². The Kier molecular flexibility index (Phi) is 5.19. The first-order chi connectivity index (χ1) is 12.8. The zero-order chi connectivity index (χ0) is 19.6. The number of nitrogens with one attached hydrogen (secondary N) is 1. The lowest BCUT2D eigenvalue weighted by atomic mass is 10.1. The summed E-state index contributed by atoms with van der Waals surface area (Å²) in [5.41, 5.74) is 3.45. The highest BCUT2D eigenvalue weighted by Gasteiger charge is 2.14. The van der Waals surface area contributed by atoms with Crippen LogP contribution in [0.5, 0.6) is 0 Å². The van der Waals surface area contributed by atoms with Gasteiger partial charge in [-0.3, -0.25) is 4.79 Å². The van der Waals surface area contributed by atoms with Gasteiger partial charge in [0.2, 0.25) is 0 Å². The lowest BCUT2D eigenvalue weighted by Gasteiger charge is -2.16. The molecule has 0 aliphatic rings. The van der Waals surface area contributed by atoms with Crippen molar-refractivity contribution in [1.29, 1.82) is 0 Å². The lowest BCUT2D eigenvalue weighted by molar-refractivity contribution is 0.0940. The van der Waals surface area contributed by atoms with Gasteiger partial charge in [0.1, 0.15) is 0 Å². The van der Waals surface area contributed by atoms with Gasteiger partial charge in [-0.15, -0.1) is 0 Å². The second-order valence-corrected chi connectivity index (χ2v) is 8.64. The van der Waals surface area contributed by atoms with E-state index >= 15 is 0 Å². The Morgan fingerprint density at radius 2 is 1.67 bits per heavy atom. The Hall–Kier alpha value is -2.86. The number of amides is 1. The third kappa shape index (κ3) is 4.28. The van der Waals surface area contributed by atoms with Gasteiger partial charge in [0, 0.05) is 29.9 Å². The first kappa shape index (κ1) is 18.9. The largest absolute Gasteiger partial charge is 0.346 e. The van der Waals surface area contributed by atoms with Crippen molar-refractivity contribution in [2.45, 2.75) is 24.8 Å². The van der Waals surface area contributed by atoms with Crippen LogP contribution in [-0.4, -0.2) is 25.1 Å². The molecule has 140 valence electrons. The Morgan fingerprint density at radius 1 is 1.04 bits per heavy atom. The van der Waals surface area contributed by atoms with Gasteiger partial charge < -0.3 is 9.88 Å². The quantitative estimate of drug-likeness (QED) is 0.732. The molecule has 0 saturated carbocycles. The Morgan fingerprint density at radius 3 is 2.26 bits per heavy atom. The molecule has 0 unspecified atom stereocenters. The van der Waals surface area contributed by atoms with Crippen molar-refractivity contribution in [1.82, 2.24) is 9.88 Å². The number of hydrogen-bond acceptors (Lipinski definition) is 3. The van der Waals surface area contributed by atoms with Gasteiger partial charge in [-0.2, -0.15) is 0 Å². The first-order valence-electron chi connectivity index (χ1n) is 8.60. The van der Waals surface area contributed by atoms with Gasteiger partial charge >= 0.3 is 0 Å². The number of carbonyl (C=O) groups is 1. The summed E-state index contributed by atoms with van der Waals surface area (Å²) in [5.74, 6) is -0.178. The van der Waals surface area contributed by atoms with Gasteiger partial charge in [0.05, 0.1) is 10.9 Å². The third-order valence-electron chi connectivity index (χ3n) is 4.51. The van der Waals surface area contributed by atoms with E-state index in [2.05, 4.69) is 5.32 Å². The summed E-state index contributed by atoms with van der Waals surface area (Å²) in [6.45, 7) is 3.87. The van der Waals surface area contributed by atoms with Gasteiger partial charge in [-0.05, 0) is 61.4 Å². The highest BCUT2D eigenvalue weighted by Crippen LogP contribution is 2.19. The monoisotopic (exact) mass is 382 g/mol. The average molecular weight is 382 g/mol. The van der Waals surface area contributed by atoms with Crippen molar-refractivity contribution in [2.75, 3.05) is 6.26 Å². The molecule has 0 bridgehead atoms. The standard InChI is InChI=1S/C21H22N2O3S/c1-15-6-7-18(14-20(15)23-12-4-5-13-23)21(24)22-16(2)17-8-10-19(11-9-17)27(3,25)26/h4-14,16H,1-3H3,(H,22,24)/t16-/m0/s1. The molecule has 0 radical (unpaired) electrons. The maximum absolute atomic E-state index is 12.7. The minimum Gasteiger partial charge on any atom is -0.346 e. The third-order valence-corrected chi connectivity index (χ3v) is 5.64. The van der Waals surface area contributed by atoms with Crippen LogP contribution in [0.3, 0.4) is 0 Å². The van der Waals surface area contributed by atoms with Crippen LogP contribution in [0.25, 0.3) is 5.69 Å². The van der Waals surface area contributed by atoms with E-state index in [9.17, 15) is 13.2 Å². The number of rotatable bonds is 5.